The summed E-state index contributed by atoms with van der Waals surface area (Å²) in [6.45, 7) is 2.88. The van der Waals surface area contributed by atoms with Crippen molar-refractivity contribution in [2.24, 2.45) is 0 Å². The van der Waals surface area contributed by atoms with Crippen LogP contribution in [0.25, 0.3) is 22.2 Å². The fourth-order valence-electron chi connectivity index (χ4n) is 3.89. The quantitative estimate of drug-likeness (QED) is 0.455. The standard InChI is InChI=1S/C27H24N2O3/c30-27(29-14-16-31-17-15-29)24-18-26(28-25-9-5-4-8-23(24)25)21-12-10-20(11-13-21)19-32-22-6-2-1-3-7-22/h1-13,18H,14-17,19H2. The van der Waals surface area contributed by atoms with Gasteiger partial charge in [0, 0.05) is 24.0 Å². The summed E-state index contributed by atoms with van der Waals surface area (Å²) in [6, 6.07) is 27.6. The maximum atomic E-state index is 13.3. The van der Waals surface area contributed by atoms with Gasteiger partial charge in [-0.25, -0.2) is 4.98 Å². The van der Waals surface area contributed by atoms with E-state index in [1.807, 2.05) is 89.8 Å². The fourth-order valence-corrected chi connectivity index (χ4v) is 3.89. The highest BCUT2D eigenvalue weighted by Crippen LogP contribution is 2.26. The number of benzene rings is 3. The number of carbonyl (C=O) groups excluding carboxylic acids is 1. The molecule has 0 aliphatic carbocycles. The molecule has 5 heteroatoms. The molecule has 0 radical (unpaired) electrons. The maximum absolute atomic E-state index is 13.3. The third kappa shape index (κ3) is 4.34. The van der Waals surface area contributed by atoms with Crippen molar-refractivity contribution in [3.63, 3.8) is 0 Å². The van der Waals surface area contributed by atoms with Crippen LogP contribution in [0, 0.1) is 0 Å². The van der Waals surface area contributed by atoms with Gasteiger partial charge in [0.1, 0.15) is 12.4 Å². The Balaban J connectivity index is 1.43. The Bertz CT molecular complexity index is 1220. The first-order valence-corrected chi connectivity index (χ1v) is 10.8. The summed E-state index contributed by atoms with van der Waals surface area (Å²) in [4.78, 5) is 20.0. The lowest BCUT2D eigenvalue weighted by Crippen LogP contribution is -2.40. The zero-order valence-electron chi connectivity index (χ0n) is 17.7. The van der Waals surface area contributed by atoms with Crippen LogP contribution >= 0.6 is 0 Å². The Morgan fingerprint density at radius 2 is 1.62 bits per heavy atom. The second-order valence-corrected chi connectivity index (χ2v) is 7.78. The summed E-state index contributed by atoms with van der Waals surface area (Å²) in [7, 11) is 0. The van der Waals surface area contributed by atoms with E-state index in [0.29, 0.717) is 38.5 Å². The van der Waals surface area contributed by atoms with Crippen molar-refractivity contribution >= 4 is 16.8 Å². The summed E-state index contributed by atoms with van der Waals surface area (Å²) in [5, 5.41) is 0.876. The van der Waals surface area contributed by atoms with Crippen molar-refractivity contribution < 1.29 is 14.3 Å². The molecule has 1 saturated heterocycles. The van der Waals surface area contributed by atoms with Gasteiger partial charge in [-0.05, 0) is 29.8 Å². The van der Waals surface area contributed by atoms with E-state index in [0.717, 1.165) is 33.5 Å². The zero-order valence-corrected chi connectivity index (χ0v) is 17.7. The normalized spacial score (nSPS) is 13.8. The van der Waals surface area contributed by atoms with E-state index >= 15 is 0 Å². The van der Waals surface area contributed by atoms with Gasteiger partial charge in [-0.1, -0.05) is 60.7 Å². The van der Waals surface area contributed by atoms with E-state index in [1.165, 1.54) is 0 Å². The molecule has 2 heterocycles. The average Bonchev–Trinajstić information content (AvgIpc) is 2.88. The minimum atomic E-state index is 0.0287. The highest BCUT2D eigenvalue weighted by Gasteiger charge is 2.21. The molecular formula is C27H24N2O3. The predicted octanol–water partition coefficient (Wildman–Crippen LogP) is 4.95. The SMILES string of the molecule is O=C(c1cc(-c2ccc(COc3ccccc3)cc2)nc2ccccc12)N1CCOCC1. The molecule has 0 N–H and O–H groups in total. The summed E-state index contributed by atoms with van der Waals surface area (Å²) in [6.07, 6.45) is 0. The van der Waals surface area contributed by atoms with E-state index in [9.17, 15) is 4.79 Å². The molecule has 0 atom stereocenters. The van der Waals surface area contributed by atoms with Gasteiger partial charge >= 0.3 is 0 Å². The zero-order chi connectivity index (χ0) is 21.8. The molecule has 160 valence electrons. The van der Waals surface area contributed by atoms with Crippen molar-refractivity contribution in [3.8, 4) is 17.0 Å². The van der Waals surface area contributed by atoms with E-state index in [-0.39, 0.29) is 5.91 Å². The Kier molecular flexibility index (Phi) is 5.81. The second kappa shape index (κ2) is 9.20. The molecule has 1 aromatic heterocycles. The van der Waals surface area contributed by atoms with Crippen LogP contribution in [0.1, 0.15) is 15.9 Å². The Hall–Kier alpha value is -3.70. The number of rotatable bonds is 5. The monoisotopic (exact) mass is 424 g/mol. The number of para-hydroxylation sites is 2. The third-order valence-electron chi connectivity index (χ3n) is 5.64. The van der Waals surface area contributed by atoms with Gasteiger partial charge < -0.3 is 14.4 Å². The molecule has 0 spiro atoms. The number of morpholine rings is 1. The van der Waals surface area contributed by atoms with Gasteiger partial charge in [-0.2, -0.15) is 0 Å². The number of fused-ring (bicyclic) bond motifs is 1. The molecule has 3 aromatic carbocycles. The van der Waals surface area contributed by atoms with Crippen molar-refractivity contribution in [2.75, 3.05) is 26.3 Å². The lowest BCUT2D eigenvalue weighted by molar-refractivity contribution is 0.0304. The van der Waals surface area contributed by atoms with Crippen LogP contribution < -0.4 is 4.74 Å². The van der Waals surface area contributed by atoms with Gasteiger partial charge in [0.05, 0.1) is 30.0 Å². The molecular weight excluding hydrogens is 400 g/mol. The molecule has 1 aliphatic rings. The van der Waals surface area contributed by atoms with E-state index in [2.05, 4.69) is 0 Å². The van der Waals surface area contributed by atoms with Crippen LogP contribution in [0.5, 0.6) is 5.75 Å². The second-order valence-electron chi connectivity index (χ2n) is 7.78. The number of pyridine rings is 1. The summed E-state index contributed by atoms with van der Waals surface area (Å²) < 4.78 is 11.2. The van der Waals surface area contributed by atoms with E-state index < -0.39 is 0 Å². The average molecular weight is 425 g/mol. The lowest BCUT2D eigenvalue weighted by atomic mass is 10.0. The number of amides is 1. The van der Waals surface area contributed by atoms with Crippen LogP contribution in [0.4, 0.5) is 0 Å². The molecule has 1 amide bonds. The van der Waals surface area contributed by atoms with Gasteiger partial charge in [0.2, 0.25) is 0 Å². The molecule has 0 unspecified atom stereocenters. The molecule has 1 aliphatic heterocycles. The molecule has 5 rings (SSSR count). The number of hydrogen-bond acceptors (Lipinski definition) is 4. The molecule has 4 aromatic rings. The lowest BCUT2D eigenvalue weighted by Gasteiger charge is -2.27. The first-order valence-electron chi connectivity index (χ1n) is 10.8. The van der Waals surface area contributed by atoms with Crippen LogP contribution in [-0.4, -0.2) is 42.1 Å². The van der Waals surface area contributed by atoms with Crippen molar-refractivity contribution in [1.29, 1.82) is 0 Å². The molecule has 0 saturated carbocycles. The molecule has 32 heavy (non-hydrogen) atoms. The number of ether oxygens (including phenoxy) is 2. The summed E-state index contributed by atoms with van der Waals surface area (Å²) in [5.41, 5.74) is 4.33. The fraction of sp³-hybridized carbons (Fsp3) is 0.185. The van der Waals surface area contributed by atoms with Gasteiger partial charge in [-0.15, -0.1) is 0 Å². The number of hydrogen-bond donors (Lipinski definition) is 0. The molecule has 1 fully saturated rings. The number of aromatic nitrogens is 1. The van der Waals surface area contributed by atoms with Crippen LogP contribution in [0.3, 0.4) is 0 Å². The Morgan fingerprint density at radius 3 is 2.41 bits per heavy atom. The highest BCUT2D eigenvalue weighted by atomic mass is 16.5. The molecule has 5 nitrogen and oxygen atoms in total. The van der Waals surface area contributed by atoms with E-state index in [4.69, 9.17) is 14.5 Å². The first kappa shape index (κ1) is 20.2. The summed E-state index contributed by atoms with van der Waals surface area (Å²) in [5.74, 6) is 0.875. The topological polar surface area (TPSA) is 51.7 Å². The van der Waals surface area contributed by atoms with Gasteiger partial charge in [0.25, 0.3) is 5.91 Å². The van der Waals surface area contributed by atoms with Crippen molar-refractivity contribution in [2.45, 2.75) is 6.61 Å². The van der Waals surface area contributed by atoms with Crippen LogP contribution in [-0.2, 0) is 11.3 Å². The predicted molar refractivity (Wildman–Crippen MR) is 125 cm³/mol. The van der Waals surface area contributed by atoms with Crippen LogP contribution in [0.2, 0.25) is 0 Å². The van der Waals surface area contributed by atoms with E-state index in [1.54, 1.807) is 0 Å². The first-order chi connectivity index (χ1) is 15.8. The summed E-state index contributed by atoms with van der Waals surface area (Å²) >= 11 is 0. The highest BCUT2D eigenvalue weighted by molar-refractivity contribution is 6.07. The number of nitrogens with zero attached hydrogens (tertiary/aromatic N) is 2. The van der Waals surface area contributed by atoms with Crippen molar-refractivity contribution in [3.05, 3.63) is 96.1 Å². The largest absolute Gasteiger partial charge is 0.489 e. The minimum absolute atomic E-state index is 0.0287. The smallest absolute Gasteiger partial charge is 0.254 e. The Morgan fingerprint density at radius 1 is 0.906 bits per heavy atom. The van der Waals surface area contributed by atoms with Gasteiger partial charge in [0.15, 0.2) is 0 Å². The Labute approximate surface area is 187 Å². The minimum Gasteiger partial charge on any atom is -0.489 e. The van der Waals surface area contributed by atoms with Crippen LogP contribution in [0.15, 0.2) is 84.9 Å². The maximum Gasteiger partial charge on any atom is 0.254 e. The third-order valence-corrected chi connectivity index (χ3v) is 5.64. The van der Waals surface area contributed by atoms with Gasteiger partial charge in [-0.3, -0.25) is 4.79 Å². The molecule has 0 bridgehead atoms. The van der Waals surface area contributed by atoms with Crippen molar-refractivity contribution in [1.82, 2.24) is 9.88 Å². The number of carbonyl (C=O) groups is 1.